The van der Waals surface area contributed by atoms with Crippen LogP contribution in [0.15, 0.2) is 41.3 Å². The number of rotatable bonds is 11. The maximum atomic E-state index is 12.5. The van der Waals surface area contributed by atoms with Crippen LogP contribution >= 0.6 is 0 Å². The highest BCUT2D eigenvalue weighted by Crippen LogP contribution is 2.28. The van der Waals surface area contributed by atoms with Crippen LogP contribution in [0.5, 0.6) is 11.5 Å². The molecule has 0 heterocycles. The standard InChI is InChI=1S/C21H28N2O6S/c1-5-14(2)23-30(26,27)16-7-8-18(17(13-16)21(24)25)22-11-10-15-6-9-19(28-3)20(12-15)29-4/h6-9,12-14,22-23H,5,10-11H2,1-4H3,(H,24,25)/t14-/m1/s1. The minimum absolute atomic E-state index is 0.0781. The zero-order chi connectivity index (χ0) is 22.3. The van der Waals surface area contributed by atoms with Gasteiger partial charge in [0.15, 0.2) is 11.5 Å². The van der Waals surface area contributed by atoms with Crippen molar-refractivity contribution in [2.45, 2.75) is 37.6 Å². The van der Waals surface area contributed by atoms with Gasteiger partial charge < -0.3 is 19.9 Å². The van der Waals surface area contributed by atoms with E-state index in [-0.39, 0.29) is 16.5 Å². The van der Waals surface area contributed by atoms with Gasteiger partial charge in [0, 0.05) is 18.3 Å². The van der Waals surface area contributed by atoms with Gasteiger partial charge in [0.05, 0.1) is 24.7 Å². The Hall–Kier alpha value is -2.78. The van der Waals surface area contributed by atoms with Gasteiger partial charge in [-0.15, -0.1) is 0 Å². The van der Waals surface area contributed by atoms with Crippen LogP contribution in [0.1, 0.15) is 36.2 Å². The lowest BCUT2D eigenvalue weighted by Crippen LogP contribution is -2.32. The Morgan fingerprint density at radius 3 is 2.40 bits per heavy atom. The molecule has 0 fully saturated rings. The first-order valence-corrected chi connectivity index (χ1v) is 11.0. The van der Waals surface area contributed by atoms with Crippen molar-refractivity contribution in [1.29, 1.82) is 0 Å². The van der Waals surface area contributed by atoms with Crippen molar-refractivity contribution in [2.24, 2.45) is 0 Å². The molecule has 164 valence electrons. The van der Waals surface area contributed by atoms with Gasteiger partial charge in [-0.05, 0) is 55.7 Å². The van der Waals surface area contributed by atoms with E-state index in [1.165, 1.54) is 18.2 Å². The first kappa shape index (κ1) is 23.5. The summed E-state index contributed by atoms with van der Waals surface area (Å²) in [5.74, 6) is 0.0407. The molecular formula is C21H28N2O6S. The Bertz CT molecular complexity index is 991. The smallest absolute Gasteiger partial charge is 0.337 e. The van der Waals surface area contributed by atoms with Crippen molar-refractivity contribution in [3.05, 3.63) is 47.5 Å². The molecule has 0 spiro atoms. The molecule has 8 nitrogen and oxygen atoms in total. The Morgan fingerprint density at radius 2 is 1.80 bits per heavy atom. The van der Waals surface area contributed by atoms with Crippen LogP contribution in [0.2, 0.25) is 0 Å². The molecule has 3 N–H and O–H groups in total. The lowest BCUT2D eigenvalue weighted by Gasteiger charge is -2.15. The minimum Gasteiger partial charge on any atom is -0.493 e. The fourth-order valence-electron chi connectivity index (χ4n) is 2.82. The van der Waals surface area contributed by atoms with Crippen molar-refractivity contribution in [3.8, 4) is 11.5 Å². The van der Waals surface area contributed by atoms with E-state index < -0.39 is 16.0 Å². The monoisotopic (exact) mass is 436 g/mol. The molecule has 0 amide bonds. The fourth-order valence-corrected chi connectivity index (χ4v) is 4.17. The van der Waals surface area contributed by atoms with Crippen LogP contribution in [0.25, 0.3) is 0 Å². The molecule has 1 atom stereocenters. The lowest BCUT2D eigenvalue weighted by atomic mass is 10.1. The highest BCUT2D eigenvalue weighted by atomic mass is 32.2. The van der Waals surface area contributed by atoms with Crippen LogP contribution in [0, 0.1) is 0 Å². The van der Waals surface area contributed by atoms with E-state index in [4.69, 9.17) is 9.47 Å². The Labute approximate surface area is 177 Å². The number of carboxylic acids is 1. The maximum Gasteiger partial charge on any atom is 0.337 e. The first-order chi connectivity index (χ1) is 14.2. The second-order valence-electron chi connectivity index (χ2n) is 6.81. The second kappa shape index (κ2) is 10.3. The third-order valence-corrected chi connectivity index (χ3v) is 6.26. The number of ether oxygens (including phenoxy) is 2. The van der Waals surface area contributed by atoms with Crippen molar-refractivity contribution < 1.29 is 27.8 Å². The topological polar surface area (TPSA) is 114 Å². The number of methoxy groups -OCH3 is 2. The largest absolute Gasteiger partial charge is 0.493 e. The first-order valence-electron chi connectivity index (χ1n) is 9.56. The van der Waals surface area contributed by atoms with Crippen LogP contribution in [0.3, 0.4) is 0 Å². The molecule has 2 aromatic carbocycles. The third kappa shape index (κ3) is 5.87. The van der Waals surface area contributed by atoms with Gasteiger partial charge in [-0.2, -0.15) is 0 Å². The molecule has 0 saturated heterocycles. The quantitative estimate of drug-likeness (QED) is 0.496. The summed E-state index contributed by atoms with van der Waals surface area (Å²) in [4.78, 5) is 11.6. The van der Waals surface area contributed by atoms with Gasteiger partial charge in [-0.1, -0.05) is 13.0 Å². The van der Waals surface area contributed by atoms with Gasteiger partial charge in [0.2, 0.25) is 10.0 Å². The summed E-state index contributed by atoms with van der Waals surface area (Å²) in [6, 6.07) is 9.36. The fraction of sp³-hybridized carbons (Fsp3) is 0.381. The van der Waals surface area contributed by atoms with Crippen LogP contribution < -0.4 is 19.5 Å². The number of hydrogen-bond donors (Lipinski definition) is 3. The predicted octanol–water partition coefficient (Wildman–Crippen LogP) is 3.13. The summed E-state index contributed by atoms with van der Waals surface area (Å²) in [5.41, 5.74) is 1.23. The molecule has 0 saturated carbocycles. The summed E-state index contributed by atoms with van der Waals surface area (Å²) in [6.45, 7) is 4.06. The zero-order valence-electron chi connectivity index (χ0n) is 17.6. The predicted molar refractivity (Wildman–Crippen MR) is 115 cm³/mol. The zero-order valence-corrected chi connectivity index (χ0v) is 18.4. The van der Waals surface area contributed by atoms with Crippen molar-refractivity contribution in [1.82, 2.24) is 4.72 Å². The number of hydrogen-bond acceptors (Lipinski definition) is 6. The Balaban J connectivity index is 2.15. The van der Waals surface area contributed by atoms with Gasteiger partial charge in [0.1, 0.15) is 0 Å². The molecule has 2 aromatic rings. The average molecular weight is 437 g/mol. The number of aromatic carboxylic acids is 1. The SMILES string of the molecule is CC[C@@H](C)NS(=O)(=O)c1ccc(NCCc2ccc(OC)c(OC)c2)c(C(=O)O)c1. The number of benzene rings is 2. The summed E-state index contributed by atoms with van der Waals surface area (Å²) >= 11 is 0. The molecule has 0 bridgehead atoms. The number of carboxylic acid groups (broad SMARTS) is 1. The second-order valence-corrected chi connectivity index (χ2v) is 8.52. The highest BCUT2D eigenvalue weighted by Gasteiger charge is 2.20. The van der Waals surface area contributed by atoms with Gasteiger partial charge in [0.25, 0.3) is 0 Å². The van der Waals surface area contributed by atoms with Crippen molar-refractivity contribution in [3.63, 3.8) is 0 Å². The van der Waals surface area contributed by atoms with Gasteiger partial charge in [-0.25, -0.2) is 17.9 Å². The molecule has 0 radical (unpaired) electrons. The van der Waals surface area contributed by atoms with E-state index in [0.29, 0.717) is 36.6 Å². The van der Waals surface area contributed by atoms with E-state index >= 15 is 0 Å². The van der Waals surface area contributed by atoms with Crippen LogP contribution in [0.4, 0.5) is 5.69 Å². The van der Waals surface area contributed by atoms with E-state index in [1.54, 1.807) is 27.2 Å². The van der Waals surface area contributed by atoms with Crippen molar-refractivity contribution in [2.75, 3.05) is 26.1 Å². The van der Waals surface area contributed by atoms with Gasteiger partial charge in [-0.3, -0.25) is 0 Å². The normalized spacial score (nSPS) is 12.3. The molecule has 2 rings (SSSR count). The van der Waals surface area contributed by atoms with E-state index in [9.17, 15) is 18.3 Å². The molecule has 0 unspecified atom stereocenters. The molecule has 9 heteroatoms. The molecular weight excluding hydrogens is 408 g/mol. The molecule has 0 aliphatic carbocycles. The summed E-state index contributed by atoms with van der Waals surface area (Å²) in [6.07, 6.45) is 1.23. The number of sulfonamides is 1. The number of nitrogens with one attached hydrogen (secondary N) is 2. The average Bonchev–Trinajstić information content (AvgIpc) is 2.73. The maximum absolute atomic E-state index is 12.5. The lowest BCUT2D eigenvalue weighted by molar-refractivity contribution is 0.0697. The van der Waals surface area contributed by atoms with Gasteiger partial charge >= 0.3 is 5.97 Å². The van der Waals surface area contributed by atoms with Crippen LogP contribution in [-0.2, 0) is 16.4 Å². The van der Waals surface area contributed by atoms with Crippen LogP contribution in [-0.4, -0.2) is 46.3 Å². The Kier molecular flexibility index (Phi) is 8.08. The van der Waals surface area contributed by atoms with E-state index in [0.717, 1.165) is 5.56 Å². The van der Waals surface area contributed by atoms with E-state index in [2.05, 4.69) is 10.0 Å². The number of carbonyl (C=O) groups is 1. The minimum atomic E-state index is -3.79. The molecule has 0 aliphatic heterocycles. The molecule has 0 aliphatic rings. The summed E-state index contributed by atoms with van der Waals surface area (Å²) in [7, 11) is -0.665. The number of anilines is 1. The Morgan fingerprint density at radius 1 is 1.10 bits per heavy atom. The summed E-state index contributed by atoms with van der Waals surface area (Å²) in [5, 5.41) is 12.6. The molecule has 0 aromatic heterocycles. The van der Waals surface area contributed by atoms with Crippen molar-refractivity contribution >= 4 is 21.7 Å². The van der Waals surface area contributed by atoms with E-state index in [1.807, 2.05) is 19.1 Å². The molecule has 30 heavy (non-hydrogen) atoms. The highest BCUT2D eigenvalue weighted by molar-refractivity contribution is 7.89. The summed E-state index contributed by atoms with van der Waals surface area (Å²) < 4.78 is 37.9. The third-order valence-electron chi connectivity index (χ3n) is 4.68.